The van der Waals surface area contributed by atoms with Crippen LogP contribution in [0, 0.1) is 0 Å². The number of rotatable bonds is 2. The first-order valence-electron chi connectivity index (χ1n) is 12.3. The number of nitrogens with zero attached hydrogens (tertiary/aromatic N) is 2. The fourth-order valence-electron chi connectivity index (χ4n) is 5.97. The lowest BCUT2D eigenvalue weighted by Gasteiger charge is -2.42. The zero-order valence-electron chi connectivity index (χ0n) is 20.2. The van der Waals surface area contributed by atoms with Gasteiger partial charge in [-0.15, -0.1) is 0 Å². The first-order valence-corrected chi connectivity index (χ1v) is 13.1. The van der Waals surface area contributed by atoms with Gasteiger partial charge in [0.05, 0.1) is 22.4 Å². The molecule has 1 aromatic heterocycles. The highest BCUT2D eigenvalue weighted by molar-refractivity contribution is 9.10. The largest absolute Gasteiger partial charge is 0.310 e. The maximum Gasteiger partial charge on any atom is 0.0541 e. The summed E-state index contributed by atoms with van der Waals surface area (Å²) in [5, 5.41) is 2.54. The van der Waals surface area contributed by atoms with E-state index in [4.69, 9.17) is 0 Å². The van der Waals surface area contributed by atoms with Crippen LogP contribution in [0.4, 0.5) is 17.1 Å². The molecular weight excluding hydrogens is 504 g/mol. The fourth-order valence-corrected chi connectivity index (χ4v) is 6.43. The number of hydrogen-bond donors (Lipinski definition) is 0. The number of benzene rings is 5. The van der Waals surface area contributed by atoms with Crippen LogP contribution in [0.3, 0.4) is 0 Å². The minimum absolute atomic E-state index is 0.0780. The van der Waals surface area contributed by atoms with Crippen LogP contribution in [-0.4, -0.2) is 4.57 Å². The maximum absolute atomic E-state index is 3.86. The molecule has 1 aliphatic heterocycles. The highest BCUT2D eigenvalue weighted by Crippen LogP contribution is 2.52. The van der Waals surface area contributed by atoms with Crippen molar-refractivity contribution in [1.29, 1.82) is 0 Å². The van der Waals surface area contributed by atoms with E-state index < -0.39 is 0 Å². The van der Waals surface area contributed by atoms with Gasteiger partial charge in [-0.2, -0.15) is 0 Å². The van der Waals surface area contributed by atoms with Gasteiger partial charge in [0.2, 0.25) is 0 Å². The molecule has 6 aromatic rings. The summed E-state index contributed by atoms with van der Waals surface area (Å²) in [7, 11) is 0. The van der Waals surface area contributed by atoms with Gasteiger partial charge in [-0.3, -0.25) is 0 Å². The molecule has 1 aliphatic rings. The summed E-state index contributed by atoms with van der Waals surface area (Å²) in [6.07, 6.45) is 0. The van der Waals surface area contributed by atoms with Gasteiger partial charge in [0.25, 0.3) is 0 Å². The second kappa shape index (κ2) is 7.84. The van der Waals surface area contributed by atoms with Gasteiger partial charge in [-0.25, -0.2) is 0 Å². The van der Waals surface area contributed by atoms with E-state index in [-0.39, 0.29) is 5.41 Å². The van der Waals surface area contributed by atoms with E-state index in [1.807, 2.05) is 0 Å². The van der Waals surface area contributed by atoms with Crippen LogP contribution in [0.5, 0.6) is 0 Å². The van der Waals surface area contributed by atoms with Gasteiger partial charge >= 0.3 is 0 Å². The number of fused-ring (bicyclic) bond motifs is 5. The Hall–Kier alpha value is -3.82. The van der Waals surface area contributed by atoms with Gasteiger partial charge in [-0.05, 0) is 53.6 Å². The van der Waals surface area contributed by atoms with Crippen molar-refractivity contribution in [2.75, 3.05) is 4.90 Å². The molecule has 174 valence electrons. The number of hydrogen-bond acceptors (Lipinski definition) is 1. The van der Waals surface area contributed by atoms with Crippen LogP contribution in [0.15, 0.2) is 120 Å². The Balaban J connectivity index is 1.52. The van der Waals surface area contributed by atoms with Crippen LogP contribution in [0.1, 0.15) is 25.0 Å². The Morgan fingerprint density at radius 3 is 1.61 bits per heavy atom. The fraction of sp³-hybridized carbons (Fsp3) is 0.0909. The molecule has 5 aromatic carbocycles. The van der Waals surface area contributed by atoms with Crippen molar-refractivity contribution in [1.82, 2.24) is 4.57 Å². The Kier molecular flexibility index (Phi) is 4.67. The lowest BCUT2D eigenvalue weighted by molar-refractivity contribution is 0.632. The van der Waals surface area contributed by atoms with E-state index in [0.717, 1.165) is 15.8 Å². The van der Waals surface area contributed by atoms with Crippen molar-refractivity contribution in [2.45, 2.75) is 19.3 Å². The Morgan fingerprint density at radius 2 is 1.03 bits per heavy atom. The van der Waals surface area contributed by atoms with Crippen LogP contribution in [0.25, 0.3) is 27.5 Å². The van der Waals surface area contributed by atoms with Crippen molar-refractivity contribution in [2.24, 2.45) is 0 Å². The maximum atomic E-state index is 3.86. The van der Waals surface area contributed by atoms with E-state index in [1.165, 1.54) is 44.3 Å². The molecule has 0 spiro atoms. The standard InChI is InChI=1S/C33H25BrN2/c1-33(2)27-13-5-9-17-31(27)36(32-18-10-6-14-28(32)33)24-20-22(34)19-23(21-24)35-29-15-7-3-11-25(29)26-12-4-8-16-30(26)35/h3-21H,1-2H3. The molecular formula is C33H25BrN2. The third kappa shape index (κ3) is 3.02. The number of anilines is 3. The van der Waals surface area contributed by atoms with Gasteiger partial charge < -0.3 is 9.47 Å². The molecule has 0 bridgehead atoms. The molecule has 36 heavy (non-hydrogen) atoms. The monoisotopic (exact) mass is 528 g/mol. The first kappa shape index (κ1) is 21.5. The van der Waals surface area contributed by atoms with Gasteiger partial charge in [0, 0.05) is 32.0 Å². The van der Waals surface area contributed by atoms with Crippen LogP contribution < -0.4 is 4.90 Å². The van der Waals surface area contributed by atoms with Crippen LogP contribution in [-0.2, 0) is 5.41 Å². The van der Waals surface area contributed by atoms with Crippen LogP contribution >= 0.6 is 15.9 Å². The Morgan fingerprint density at radius 1 is 0.556 bits per heavy atom. The smallest absolute Gasteiger partial charge is 0.0541 e. The Bertz CT molecular complexity index is 1690. The summed E-state index contributed by atoms with van der Waals surface area (Å²) >= 11 is 3.86. The molecule has 2 heterocycles. The molecule has 2 nitrogen and oxygen atoms in total. The zero-order valence-corrected chi connectivity index (χ0v) is 21.8. The van der Waals surface area contributed by atoms with Crippen LogP contribution in [0.2, 0.25) is 0 Å². The summed E-state index contributed by atoms with van der Waals surface area (Å²) in [5.41, 5.74) is 9.75. The molecule has 0 fully saturated rings. The van der Waals surface area contributed by atoms with E-state index in [9.17, 15) is 0 Å². The third-order valence-corrected chi connectivity index (χ3v) is 8.06. The molecule has 0 saturated heterocycles. The number of aromatic nitrogens is 1. The zero-order chi connectivity index (χ0) is 24.4. The minimum atomic E-state index is -0.0780. The van der Waals surface area contributed by atoms with Crippen molar-refractivity contribution in [3.8, 4) is 5.69 Å². The van der Waals surface area contributed by atoms with Crippen molar-refractivity contribution in [3.05, 3.63) is 131 Å². The van der Waals surface area contributed by atoms with Gasteiger partial charge in [-0.1, -0.05) is 103 Å². The van der Waals surface area contributed by atoms with E-state index in [2.05, 4.69) is 155 Å². The minimum Gasteiger partial charge on any atom is -0.310 e. The lowest BCUT2D eigenvalue weighted by Crippen LogP contribution is -2.30. The predicted molar refractivity (Wildman–Crippen MR) is 155 cm³/mol. The molecule has 0 amide bonds. The topological polar surface area (TPSA) is 8.17 Å². The Labute approximate surface area is 219 Å². The molecule has 0 N–H and O–H groups in total. The lowest BCUT2D eigenvalue weighted by atomic mass is 9.73. The van der Waals surface area contributed by atoms with Gasteiger partial charge in [0.15, 0.2) is 0 Å². The van der Waals surface area contributed by atoms with E-state index >= 15 is 0 Å². The third-order valence-electron chi connectivity index (χ3n) is 7.60. The highest BCUT2D eigenvalue weighted by atomic mass is 79.9. The van der Waals surface area contributed by atoms with Crippen molar-refractivity contribution in [3.63, 3.8) is 0 Å². The normalized spacial score (nSPS) is 14.1. The van der Waals surface area contributed by atoms with E-state index in [1.54, 1.807) is 0 Å². The molecule has 0 aliphatic carbocycles. The summed E-state index contributed by atoms with van der Waals surface area (Å²) in [6.45, 7) is 4.65. The average molecular weight is 529 g/mol. The van der Waals surface area contributed by atoms with Gasteiger partial charge in [0.1, 0.15) is 0 Å². The predicted octanol–water partition coefficient (Wildman–Crippen LogP) is 9.66. The first-order chi connectivity index (χ1) is 17.5. The molecule has 3 heteroatoms. The summed E-state index contributed by atoms with van der Waals surface area (Å²) in [5.74, 6) is 0. The summed E-state index contributed by atoms with van der Waals surface area (Å²) in [6, 6.07) is 41.7. The summed E-state index contributed by atoms with van der Waals surface area (Å²) < 4.78 is 3.43. The second-order valence-corrected chi connectivity index (χ2v) is 10.9. The molecule has 0 unspecified atom stereocenters. The average Bonchev–Trinajstić information content (AvgIpc) is 3.23. The molecule has 0 radical (unpaired) electrons. The highest BCUT2D eigenvalue weighted by Gasteiger charge is 2.36. The SMILES string of the molecule is CC1(C)c2ccccc2N(c2cc(Br)cc(-n3c4ccccc4c4ccccc43)c2)c2ccccc21. The molecule has 0 saturated carbocycles. The number of halogens is 1. The van der Waals surface area contributed by atoms with Crippen molar-refractivity contribution >= 4 is 54.8 Å². The van der Waals surface area contributed by atoms with E-state index in [0.29, 0.717) is 0 Å². The molecule has 0 atom stereocenters. The van der Waals surface area contributed by atoms with Crippen molar-refractivity contribution < 1.29 is 0 Å². The molecule has 7 rings (SSSR count). The quantitative estimate of drug-likeness (QED) is 0.217. The second-order valence-electron chi connectivity index (χ2n) is 10.0. The number of para-hydroxylation sites is 4. The summed E-state index contributed by atoms with van der Waals surface area (Å²) in [4.78, 5) is 2.41.